The van der Waals surface area contributed by atoms with Crippen LogP contribution in [0.15, 0.2) is 54.1 Å². The van der Waals surface area contributed by atoms with Crippen LogP contribution in [0.2, 0.25) is 5.02 Å². The lowest BCUT2D eigenvalue weighted by Gasteiger charge is -2.23. The summed E-state index contributed by atoms with van der Waals surface area (Å²) in [6.07, 6.45) is 0. The number of aliphatic hydroxyl groups excluding tert-OH is 1. The van der Waals surface area contributed by atoms with E-state index in [1.165, 1.54) is 36.4 Å². The molecule has 9 nitrogen and oxygen atoms in total. The Morgan fingerprint density at radius 3 is 2.17 bits per heavy atom. The van der Waals surface area contributed by atoms with Crippen LogP contribution in [0.1, 0.15) is 17.2 Å². The maximum atomic E-state index is 12.6. The molecule has 0 radical (unpaired) electrons. The first-order valence-electron chi connectivity index (χ1n) is 8.21. The largest absolute Gasteiger partial charge is 0.507 e. The Hall–Kier alpha value is -3.72. The maximum absolute atomic E-state index is 12.6. The molecule has 2 aromatic carbocycles. The van der Waals surface area contributed by atoms with Gasteiger partial charge in [0.2, 0.25) is 0 Å². The van der Waals surface area contributed by atoms with Gasteiger partial charge in [0.05, 0.1) is 16.5 Å². The number of halogens is 1. The quantitative estimate of drug-likeness (QED) is 0.251. The highest BCUT2D eigenvalue weighted by molar-refractivity contribution is 6.46. The van der Waals surface area contributed by atoms with Crippen molar-refractivity contribution in [2.75, 3.05) is 6.54 Å². The van der Waals surface area contributed by atoms with Crippen molar-refractivity contribution in [3.8, 4) is 0 Å². The second kappa shape index (κ2) is 7.72. The topological polar surface area (TPSA) is 138 Å². The predicted molar refractivity (Wildman–Crippen MR) is 101 cm³/mol. The summed E-state index contributed by atoms with van der Waals surface area (Å²) in [5, 5.41) is 31.0. The van der Waals surface area contributed by atoms with Crippen LogP contribution in [-0.2, 0) is 14.4 Å². The van der Waals surface area contributed by atoms with Crippen molar-refractivity contribution >= 4 is 40.7 Å². The lowest BCUT2D eigenvalue weighted by Crippen LogP contribution is -2.34. The maximum Gasteiger partial charge on any atom is 0.323 e. The van der Waals surface area contributed by atoms with Crippen LogP contribution in [0.25, 0.3) is 5.76 Å². The van der Waals surface area contributed by atoms with E-state index in [9.17, 15) is 29.6 Å². The van der Waals surface area contributed by atoms with Crippen molar-refractivity contribution < 1.29 is 29.5 Å². The Morgan fingerprint density at radius 1 is 1.07 bits per heavy atom. The molecule has 3 rings (SSSR count). The summed E-state index contributed by atoms with van der Waals surface area (Å²) in [5.41, 5.74) is -0.0873. The average Bonchev–Trinajstić information content (AvgIpc) is 2.92. The molecule has 1 unspecified atom stereocenters. The van der Waals surface area contributed by atoms with Gasteiger partial charge in [0.25, 0.3) is 17.4 Å². The molecule has 1 atom stereocenters. The molecule has 29 heavy (non-hydrogen) atoms. The van der Waals surface area contributed by atoms with Crippen LogP contribution in [0.5, 0.6) is 0 Å². The van der Waals surface area contributed by atoms with Crippen LogP contribution >= 0.6 is 11.6 Å². The Bertz CT molecular complexity index is 1050. The van der Waals surface area contributed by atoms with Gasteiger partial charge in [-0.15, -0.1) is 0 Å². The fourth-order valence-electron chi connectivity index (χ4n) is 3.08. The number of aliphatic carboxylic acids is 1. The molecule has 0 saturated carbocycles. The van der Waals surface area contributed by atoms with E-state index in [1.807, 2.05) is 0 Å². The van der Waals surface area contributed by atoms with E-state index in [-0.39, 0.29) is 16.8 Å². The van der Waals surface area contributed by atoms with Gasteiger partial charge in [-0.2, -0.15) is 0 Å². The lowest BCUT2D eigenvalue weighted by atomic mass is 9.95. The van der Waals surface area contributed by atoms with Gasteiger partial charge in [-0.3, -0.25) is 24.5 Å². The van der Waals surface area contributed by atoms with Gasteiger partial charge in [0, 0.05) is 22.7 Å². The summed E-state index contributed by atoms with van der Waals surface area (Å²) >= 11 is 5.87. The molecule has 0 aromatic heterocycles. The van der Waals surface area contributed by atoms with Crippen molar-refractivity contribution in [3.05, 3.63) is 80.4 Å². The first-order valence-corrected chi connectivity index (χ1v) is 8.59. The van der Waals surface area contributed by atoms with Crippen LogP contribution < -0.4 is 0 Å². The van der Waals surface area contributed by atoms with Gasteiger partial charge in [-0.1, -0.05) is 23.7 Å². The summed E-state index contributed by atoms with van der Waals surface area (Å²) in [6, 6.07) is 9.62. The van der Waals surface area contributed by atoms with E-state index in [4.69, 9.17) is 16.7 Å². The number of ketones is 1. The molecule has 0 bridgehead atoms. The van der Waals surface area contributed by atoms with Crippen molar-refractivity contribution in [1.82, 2.24) is 4.90 Å². The summed E-state index contributed by atoms with van der Waals surface area (Å²) in [5.74, 6) is -4.02. The molecule has 1 amide bonds. The molecule has 2 aromatic rings. The van der Waals surface area contributed by atoms with E-state index in [2.05, 4.69) is 0 Å². The van der Waals surface area contributed by atoms with E-state index >= 15 is 0 Å². The highest BCUT2D eigenvalue weighted by Gasteiger charge is 2.46. The van der Waals surface area contributed by atoms with E-state index in [0.717, 1.165) is 17.0 Å². The minimum Gasteiger partial charge on any atom is -0.507 e. The van der Waals surface area contributed by atoms with Crippen LogP contribution in [0.4, 0.5) is 5.69 Å². The molecule has 1 aliphatic heterocycles. The third-order valence-corrected chi connectivity index (χ3v) is 4.63. The number of carboxylic acids is 1. The molecule has 0 spiro atoms. The molecule has 1 aliphatic rings. The third kappa shape index (κ3) is 3.81. The molecule has 10 heteroatoms. The monoisotopic (exact) mass is 416 g/mol. The summed E-state index contributed by atoms with van der Waals surface area (Å²) in [4.78, 5) is 47.3. The highest BCUT2D eigenvalue weighted by Crippen LogP contribution is 2.39. The van der Waals surface area contributed by atoms with Gasteiger partial charge in [-0.05, 0) is 29.8 Å². The van der Waals surface area contributed by atoms with Crippen LogP contribution in [0.3, 0.4) is 0 Å². The van der Waals surface area contributed by atoms with Gasteiger partial charge in [-0.25, -0.2) is 0 Å². The number of amides is 1. The van der Waals surface area contributed by atoms with Crippen LogP contribution in [-0.4, -0.2) is 44.2 Å². The first kappa shape index (κ1) is 20.0. The molecular weight excluding hydrogens is 404 g/mol. The van der Waals surface area contributed by atoms with Gasteiger partial charge < -0.3 is 15.1 Å². The van der Waals surface area contributed by atoms with Crippen molar-refractivity contribution in [3.63, 3.8) is 0 Å². The zero-order chi connectivity index (χ0) is 21.3. The fraction of sp³-hybridized carbons (Fsp3) is 0.105. The molecule has 1 heterocycles. The number of carbonyl (C=O) groups excluding carboxylic acids is 2. The van der Waals surface area contributed by atoms with Gasteiger partial charge >= 0.3 is 5.97 Å². The normalized spacial score (nSPS) is 18.1. The second-order valence-corrected chi connectivity index (χ2v) is 6.61. The zero-order valence-electron chi connectivity index (χ0n) is 14.6. The predicted octanol–water partition coefficient (Wildman–Crippen LogP) is 2.75. The number of nitro benzene ring substituents is 1. The standard InChI is InChI=1S/C19H13ClN2O7/c20-12-5-1-10(2-6-12)16-15(18(26)19(27)21(16)9-14(23)24)17(25)11-3-7-13(8-4-11)22(28)29/h1-8,16,25H,9H2,(H,23,24)/b17-15-. The zero-order valence-corrected chi connectivity index (χ0v) is 15.4. The molecule has 2 N–H and O–H groups in total. The Kier molecular flexibility index (Phi) is 5.33. The number of Topliss-reactive ketones (excluding diaryl/α,β-unsaturated/α-hetero) is 1. The van der Waals surface area contributed by atoms with E-state index in [0.29, 0.717) is 10.6 Å². The van der Waals surface area contributed by atoms with Crippen molar-refractivity contribution in [2.24, 2.45) is 0 Å². The number of likely N-dealkylation sites (tertiary alicyclic amines) is 1. The molecular formula is C19H13ClN2O7. The number of carboxylic acid groups (broad SMARTS) is 1. The first-order chi connectivity index (χ1) is 13.7. The lowest BCUT2D eigenvalue weighted by molar-refractivity contribution is -0.384. The highest BCUT2D eigenvalue weighted by atomic mass is 35.5. The number of rotatable bonds is 5. The Balaban J connectivity index is 2.16. The Morgan fingerprint density at radius 2 is 1.66 bits per heavy atom. The number of benzene rings is 2. The summed E-state index contributed by atoms with van der Waals surface area (Å²) < 4.78 is 0. The second-order valence-electron chi connectivity index (χ2n) is 6.18. The Labute approximate surface area is 168 Å². The molecule has 0 aliphatic carbocycles. The minimum atomic E-state index is -1.33. The van der Waals surface area contributed by atoms with Crippen molar-refractivity contribution in [2.45, 2.75) is 6.04 Å². The SMILES string of the molecule is O=C(O)CN1C(=O)C(=O)/C(=C(\O)c2ccc([N+](=O)[O-])cc2)C1c1ccc(Cl)cc1. The van der Waals surface area contributed by atoms with Crippen molar-refractivity contribution in [1.29, 1.82) is 0 Å². The summed E-state index contributed by atoms with van der Waals surface area (Å²) in [6.45, 7) is -0.755. The number of nitrogens with zero attached hydrogens (tertiary/aromatic N) is 2. The number of carbonyl (C=O) groups is 3. The van der Waals surface area contributed by atoms with E-state index in [1.54, 1.807) is 0 Å². The average molecular weight is 417 g/mol. The number of non-ortho nitro benzene ring substituents is 1. The number of nitro groups is 1. The molecule has 1 fully saturated rings. The number of aliphatic hydroxyl groups is 1. The minimum absolute atomic E-state index is 0.0721. The van der Waals surface area contributed by atoms with E-state index < -0.39 is 40.9 Å². The van der Waals surface area contributed by atoms with Gasteiger partial charge in [0.15, 0.2) is 0 Å². The fourth-order valence-corrected chi connectivity index (χ4v) is 3.20. The summed E-state index contributed by atoms with van der Waals surface area (Å²) in [7, 11) is 0. The third-order valence-electron chi connectivity index (χ3n) is 4.38. The van der Waals surface area contributed by atoms with Gasteiger partial charge in [0.1, 0.15) is 12.3 Å². The van der Waals surface area contributed by atoms with Crippen LogP contribution in [0, 0.1) is 10.1 Å². The number of hydrogen-bond acceptors (Lipinski definition) is 6. The number of hydrogen-bond donors (Lipinski definition) is 2. The molecule has 1 saturated heterocycles. The smallest absolute Gasteiger partial charge is 0.323 e. The molecule has 148 valence electrons.